The monoisotopic (exact) mass is 349 g/mol. The molecule has 0 aliphatic carbocycles. The lowest BCUT2D eigenvalue weighted by atomic mass is 10.3. The molecule has 1 aliphatic heterocycles. The van der Waals surface area contributed by atoms with E-state index in [2.05, 4.69) is 10.0 Å². The Morgan fingerprint density at radius 3 is 2.27 bits per heavy atom. The van der Waals surface area contributed by atoms with Crippen molar-refractivity contribution in [1.29, 1.82) is 0 Å². The Bertz CT molecular complexity index is 586. The van der Waals surface area contributed by atoms with E-state index in [1.165, 1.54) is 0 Å². The van der Waals surface area contributed by atoms with Gasteiger partial charge < -0.3 is 10.1 Å². The summed E-state index contributed by atoms with van der Waals surface area (Å²) in [6.07, 6.45) is 1.09. The van der Waals surface area contributed by atoms with Gasteiger partial charge in [0, 0.05) is 24.5 Å². The predicted octanol–water partition coefficient (Wildman–Crippen LogP) is 0.751. The summed E-state index contributed by atoms with van der Waals surface area (Å²) in [6, 6.07) is 6.52. The van der Waals surface area contributed by atoms with Crippen molar-refractivity contribution in [2.75, 3.05) is 49.1 Å². The van der Waals surface area contributed by atoms with Gasteiger partial charge in [-0.3, -0.25) is 14.4 Å². The smallest absolute Gasteiger partial charge is 0.238 e. The van der Waals surface area contributed by atoms with E-state index in [1.807, 2.05) is 4.90 Å². The minimum atomic E-state index is -3.29. The summed E-state index contributed by atoms with van der Waals surface area (Å²) in [4.78, 5) is 13.9. The van der Waals surface area contributed by atoms with Gasteiger partial charge in [-0.05, 0) is 24.3 Å². The molecule has 0 bridgehead atoms. The zero-order chi connectivity index (χ0) is 15.3. The molecule has 1 aromatic rings. The highest BCUT2D eigenvalue weighted by molar-refractivity contribution is 7.92. The van der Waals surface area contributed by atoms with Crippen LogP contribution < -0.4 is 10.0 Å². The summed E-state index contributed by atoms with van der Waals surface area (Å²) >= 11 is 0. The number of ether oxygens (including phenoxy) is 1. The molecule has 0 atom stereocenters. The lowest BCUT2D eigenvalue weighted by molar-refractivity contribution is -0.118. The van der Waals surface area contributed by atoms with E-state index >= 15 is 0 Å². The first-order chi connectivity index (χ1) is 9.92. The summed E-state index contributed by atoms with van der Waals surface area (Å²) in [6.45, 7) is 3.14. The number of anilines is 2. The lowest BCUT2D eigenvalue weighted by Gasteiger charge is -2.25. The number of carbonyl (C=O) groups is 1. The quantitative estimate of drug-likeness (QED) is 0.819. The van der Waals surface area contributed by atoms with Crippen molar-refractivity contribution < 1.29 is 17.9 Å². The van der Waals surface area contributed by atoms with Gasteiger partial charge in [-0.2, -0.15) is 0 Å². The first-order valence-corrected chi connectivity index (χ1v) is 8.49. The van der Waals surface area contributed by atoms with E-state index < -0.39 is 10.0 Å². The number of amides is 1. The first kappa shape index (κ1) is 18.7. The Balaban J connectivity index is 0.00000242. The van der Waals surface area contributed by atoms with Gasteiger partial charge in [-0.1, -0.05) is 0 Å². The molecule has 22 heavy (non-hydrogen) atoms. The Kier molecular flexibility index (Phi) is 7.08. The summed E-state index contributed by atoms with van der Waals surface area (Å²) in [5.74, 6) is -0.0966. The van der Waals surface area contributed by atoms with Crippen molar-refractivity contribution in [3.63, 3.8) is 0 Å². The van der Waals surface area contributed by atoms with Crippen LogP contribution in [0.25, 0.3) is 0 Å². The molecule has 1 fully saturated rings. The molecule has 1 aliphatic rings. The zero-order valence-corrected chi connectivity index (χ0v) is 13.9. The summed E-state index contributed by atoms with van der Waals surface area (Å²) in [5.41, 5.74) is 1.09. The van der Waals surface area contributed by atoms with E-state index in [1.54, 1.807) is 24.3 Å². The van der Waals surface area contributed by atoms with E-state index in [0.29, 0.717) is 31.1 Å². The number of nitrogens with zero attached hydrogens (tertiary/aromatic N) is 1. The van der Waals surface area contributed by atoms with Crippen LogP contribution >= 0.6 is 12.4 Å². The number of morpholine rings is 1. The van der Waals surface area contributed by atoms with Crippen LogP contribution in [0.2, 0.25) is 0 Å². The van der Waals surface area contributed by atoms with Crippen LogP contribution in [-0.2, 0) is 19.6 Å². The first-order valence-electron chi connectivity index (χ1n) is 6.60. The molecule has 2 N–H and O–H groups in total. The average Bonchev–Trinajstić information content (AvgIpc) is 2.40. The number of benzene rings is 1. The van der Waals surface area contributed by atoms with Crippen LogP contribution in [0.5, 0.6) is 0 Å². The van der Waals surface area contributed by atoms with Gasteiger partial charge in [0.25, 0.3) is 0 Å². The SMILES string of the molecule is CS(=O)(=O)Nc1ccc(NC(=O)CN2CCOCC2)cc1.Cl. The summed E-state index contributed by atoms with van der Waals surface area (Å²) < 4.78 is 29.8. The molecule has 0 spiro atoms. The molecule has 0 aromatic heterocycles. The van der Waals surface area contributed by atoms with E-state index in [-0.39, 0.29) is 18.3 Å². The number of halogens is 1. The van der Waals surface area contributed by atoms with Crippen molar-refractivity contribution in [3.05, 3.63) is 24.3 Å². The van der Waals surface area contributed by atoms with Gasteiger partial charge in [-0.15, -0.1) is 12.4 Å². The molecule has 1 amide bonds. The van der Waals surface area contributed by atoms with E-state index in [9.17, 15) is 13.2 Å². The standard InChI is InChI=1S/C13H19N3O4S.ClH/c1-21(18,19)15-12-4-2-11(3-5-12)14-13(17)10-16-6-8-20-9-7-16;/h2-5,15H,6-10H2,1H3,(H,14,17);1H. The molecule has 0 radical (unpaired) electrons. The molecule has 2 rings (SSSR count). The third kappa shape index (κ3) is 6.61. The Morgan fingerprint density at radius 1 is 1.18 bits per heavy atom. The van der Waals surface area contributed by atoms with Crippen molar-refractivity contribution in [1.82, 2.24) is 4.90 Å². The molecule has 9 heteroatoms. The topological polar surface area (TPSA) is 87.7 Å². The normalized spacial score (nSPS) is 15.7. The second-order valence-corrected chi connectivity index (χ2v) is 6.64. The van der Waals surface area contributed by atoms with Gasteiger partial charge in [0.1, 0.15) is 0 Å². The molecule has 0 unspecified atom stereocenters. The second-order valence-electron chi connectivity index (χ2n) is 4.89. The number of nitrogens with one attached hydrogen (secondary N) is 2. The molecule has 1 heterocycles. The average molecular weight is 350 g/mol. The molecular weight excluding hydrogens is 330 g/mol. The molecule has 1 saturated heterocycles. The van der Waals surface area contributed by atoms with Gasteiger partial charge in [0.15, 0.2) is 0 Å². The highest BCUT2D eigenvalue weighted by atomic mass is 35.5. The van der Waals surface area contributed by atoms with Gasteiger partial charge in [-0.25, -0.2) is 8.42 Å². The maximum absolute atomic E-state index is 11.9. The minimum absolute atomic E-state index is 0. The van der Waals surface area contributed by atoms with Crippen LogP contribution in [0.1, 0.15) is 0 Å². The molecular formula is C13H20ClN3O4S. The number of carbonyl (C=O) groups excluding carboxylic acids is 1. The second kappa shape index (κ2) is 8.33. The third-order valence-corrected chi connectivity index (χ3v) is 3.55. The maximum Gasteiger partial charge on any atom is 0.238 e. The predicted molar refractivity (Wildman–Crippen MR) is 88.0 cm³/mol. The molecule has 1 aromatic carbocycles. The highest BCUT2D eigenvalue weighted by Crippen LogP contribution is 2.14. The zero-order valence-electron chi connectivity index (χ0n) is 12.2. The maximum atomic E-state index is 11.9. The number of hydrogen-bond donors (Lipinski definition) is 2. The lowest BCUT2D eigenvalue weighted by Crippen LogP contribution is -2.41. The van der Waals surface area contributed by atoms with Crippen LogP contribution in [0, 0.1) is 0 Å². The third-order valence-electron chi connectivity index (χ3n) is 2.94. The Hall–Kier alpha value is -1.35. The van der Waals surface area contributed by atoms with Crippen LogP contribution in [0.15, 0.2) is 24.3 Å². The summed E-state index contributed by atoms with van der Waals surface area (Å²) in [5, 5.41) is 2.78. The Morgan fingerprint density at radius 2 is 1.73 bits per heavy atom. The fourth-order valence-corrected chi connectivity index (χ4v) is 2.56. The number of sulfonamides is 1. The fraction of sp³-hybridized carbons (Fsp3) is 0.462. The molecule has 7 nitrogen and oxygen atoms in total. The Labute approximate surface area is 136 Å². The number of rotatable bonds is 5. The van der Waals surface area contributed by atoms with Crippen molar-refractivity contribution in [2.45, 2.75) is 0 Å². The van der Waals surface area contributed by atoms with Crippen LogP contribution in [0.4, 0.5) is 11.4 Å². The van der Waals surface area contributed by atoms with Gasteiger partial charge >= 0.3 is 0 Å². The van der Waals surface area contributed by atoms with Crippen LogP contribution in [-0.4, -0.2) is 58.3 Å². The summed E-state index contributed by atoms with van der Waals surface area (Å²) in [7, 11) is -3.29. The highest BCUT2D eigenvalue weighted by Gasteiger charge is 2.14. The van der Waals surface area contributed by atoms with Crippen molar-refractivity contribution in [2.24, 2.45) is 0 Å². The largest absolute Gasteiger partial charge is 0.379 e. The number of hydrogen-bond acceptors (Lipinski definition) is 5. The van der Waals surface area contributed by atoms with Crippen LogP contribution in [0.3, 0.4) is 0 Å². The van der Waals surface area contributed by atoms with Crippen molar-refractivity contribution >= 4 is 39.7 Å². The minimum Gasteiger partial charge on any atom is -0.379 e. The molecule has 124 valence electrons. The van der Waals surface area contributed by atoms with Gasteiger partial charge in [0.05, 0.1) is 26.0 Å². The molecule has 0 saturated carbocycles. The van der Waals surface area contributed by atoms with Gasteiger partial charge in [0.2, 0.25) is 15.9 Å². The van der Waals surface area contributed by atoms with E-state index in [4.69, 9.17) is 4.74 Å². The van der Waals surface area contributed by atoms with Crippen molar-refractivity contribution in [3.8, 4) is 0 Å². The van der Waals surface area contributed by atoms with E-state index in [0.717, 1.165) is 19.3 Å². The fourth-order valence-electron chi connectivity index (χ4n) is 2.00.